The summed E-state index contributed by atoms with van der Waals surface area (Å²) in [4.78, 5) is 0. The zero-order valence-electron chi connectivity index (χ0n) is 8.48. The average Bonchev–Trinajstić information content (AvgIpc) is 2.05. The van der Waals surface area contributed by atoms with Gasteiger partial charge in [0.2, 0.25) is 0 Å². The standard InChI is InChI=1S/C11H15F2N/c1-11(2,14)6-5-8-7-9(12)3-4-10(8)13/h3-4,7H,5-6,14H2,1-2H3. The highest BCUT2D eigenvalue weighted by Crippen LogP contribution is 2.15. The number of hydrogen-bond donors (Lipinski definition) is 1. The van der Waals surface area contributed by atoms with Gasteiger partial charge in [-0.25, -0.2) is 8.78 Å². The molecule has 0 spiro atoms. The molecule has 0 fully saturated rings. The van der Waals surface area contributed by atoms with Gasteiger partial charge in [0.25, 0.3) is 0 Å². The third-order valence-electron chi connectivity index (χ3n) is 2.05. The highest BCUT2D eigenvalue weighted by molar-refractivity contribution is 5.19. The van der Waals surface area contributed by atoms with E-state index in [1.165, 1.54) is 6.07 Å². The lowest BCUT2D eigenvalue weighted by Gasteiger charge is -2.18. The summed E-state index contributed by atoms with van der Waals surface area (Å²) in [6.45, 7) is 3.73. The maximum absolute atomic E-state index is 13.1. The first-order valence-electron chi connectivity index (χ1n) is 4.61. The highest BCUT2D eigenvalue weighted by Gasteiger charge is 2.12. The van der Waals surface area contributed by atoms with Crippen molar-refractivity contribution in [3.05, 3.63) is 35.4 Å². The number of aryl methyl sites for hydroxylation is 1. The van der Waals surface area contributed by atoms with Crippen LogP contribution in [0.5, 0.6) is 0 Å². The quantitative estimate of drug-likeness (QED) is 0.795. The normalized spacial score (nSPS) is 11.8. The molecule has 1 aromatic rings. The van der Waals surface area contributed by atoms with Gasteiger partial charge >= 0.3 is 0 Å². The molecule has 0 saturated carbocycles. The summed E-state index contributed by atoms with van der Waals surface area (Å²) >= 11 is 0. The Balaban J connectivity index is 2.72. The van der Waals surface area contributed by atoms with Crippen molar-refractivity contribution in [1.82, 2.24) is 0 Å². The fourth-order valence-corrected chi connectivity index (χ4v) is 1.19. The molecule has 1 aromatic carbocycles. The molecule has 1 rings (SSSR count). The van der Waals surface area contributed by atoms with E-state index in [0.29, 0.717) is 18.4 Å². The average molecular weight is 199 g/mol. The van der Waals surface area contributed by atoms with Crippen LogP contribution in [0, 0.1) is 11.6 Å². The lowest BCUT2D eigenvalue weighted by atomic mass is 9.96. The molecular weight excluding hydrogens is 184 g/mol. The van der Waals surface area contributed by atoms with Crippen LogP contribution in [0.4, 0.5) is 8.78 Å². The molecule has 0 aliphatic heterocycles. The number of benzene rings is 1. The predicted octanol–water partition coefficient (Wildman–Crippen LogP) is 2.63. The zero-order valence-corrected chi connectivity index (χ0v) is 8.48. The second-order valence-corrected chi connectivity index (χ2v) is 4.22. The maximum atomic E-state index is 13.1. The molecule has 0 amide bonds. The fraction of sp³-hybridized carbons (Fsp3) is 0.455. The molecule has 2 N–H and O–H groups in total. The van der Waals surface area contributed by atoms with Crippen molar-refractivity contribution >= 4 is 0 Å². The van der Waals surface area contributed by atoms with E-state index in [-0.39, 0.29) is 11.4 Å². The van der Waals surface area contributed by atoms with E-state index in [4.69, 9.17) is 5.73 Å². The number of nitrogens with two attached hydrogens (primary N) is 1. The molecule has 0 aliphatic carbocycles. The highest BCUT2D eigenvalue weighted by atomic mass is 19.1. The summed E-state index contributed by atoms with van der Waals surface area (Å²) in [7, 11) is 0. The molecule has 0 radical (unpaired) electrons. The molecule has 14 heavy (non-hydrogen) atoms. The topological polar surface area (TPSA) is 26.0 Å². The van der Waals surface area contributed by atoms with Gasteiger partial charge in [-0.1, -0.05) is 0 Å². The molecule has 0 bridgehead atoms. The van der Waals surface area contributed by atoms with Crippen molar-refractivity contribution in [3.63, 3.8) is 0 Å². The van der Waals surface area contributed by atoms with Crippen LogP contribution in [0.3, 0.4) is 0 Å². The molecule has 0 aromatic heterocycles. The van der Waals surface area contributed by atoms with Gasteiger partial charge in [-0.05, 0) is 50.5 Å². The van der Waals surface area contributed by atoms with Crippen LogP contribution < -0.4 is 5.73 Å². The molecule has 3 heteroatoms. The Labute approximate surface area is 82.9 Å². The first-order valence-corrected chi connectivity index (χ1v) is 4.61. The van der Waals surface area contributed by atoms with E-state index in [1.807, 2.05) is 13.8 Å². The molecule has 0 heterocycles. The van der Waals surface area contributed by atoms with Gasteiger partial charge in [0.1, 0.15) is 11.6 Å². The minimum absolute atomic E-state index is 0.348. The van der Waals surface area contributed by atoms with Crippen LogP contribution >= 0.6 is 0 Å². The van der Waals surface area contributed by atoms with Gasteiger partial charge < -0.3 is 5.73 Å². The van der Waals surface area contributed by atoms with Crippen LogP contribution in [0.15, 0.2) is 18.2 Å². The van der Waals surface area contributed by atoms with E-state index in [9.17, 15) is 8.78 Å². The van der Waals surface area contributed by atoms with E-state index in [0.717, 1.165) is 12.1 Å². The Hall–Kier alpha value is -0.960. The van der Waals surface area contributed by atoms with Crippen LogP contribution in [0.1, 0.15) is 25.8 Å². The smallest absolute Gasteiger partial charge is 0.126 e. The van der Waals surface area contributed by atoms with Crippen molar-refractivity contribution in [3.8, 4) is 0 Å². The Bertz CT molecular complexity index is 316. The fourth-order valence-electron chi connectivity index (χ4n) is 1.19. The summed E-state index contributed by atoms with van der Waals surface area (Å²) in [5, 5.41) is 0. The first-order chi connectivity index (χ1) is 6.38. The van der Waals surface area contributed by atoms with Crippen LogP contribution in [0.25, 0.3) is 0 Å². The van der Waals surface area contributed by atoms with Crippen LogP contribution in [-0.2, 0) is 6.42 Å². The molecule has 0 unspecified atom stereocenters. The minimum Gasteiger partial charge on any atom is -0.326 e. The summed E-state index contributed by atoms with van der Waals surface area (Å²) < 4.78 is 25.9. The van der Waals surface area contributed by atoms with Crippen LogP contribution in [0.2, 0.25) is 0 Å². The van der Waals surface area contributed by atoms with Gasteiger partial charge in [-0.3, -0.25) is 0 Å². The number of hydrogen-bond acceptors (Lipinski definition) is 1. The Kier molecular flexibility index (Phi) is 3.21. The molecule has 78 valence electrons. The summed E-state index contributed by atoms with van der Waals surface area (Å²) in [6.07, 6.45) is 1.10. The maximum Gasteiger partial charge on any atom is 0.126 e. The van der Waals surface area contributed by atoms with Gasteiger partial charge in [-0.2, -0.15) is 0 Å². The second kappa shape index (κ2) is 4.05. The molecule has 0 atom stereocenters. The minimum atomic E-state index is -0.406. The Morgan fingerprint density at radius 1 is 1.29 bits per heavy atom. The Morgan fingerprint density at radius 2 is 1.93 bits per heavy atom. The monoisotopic (exact) mass is 199 g/mol. The SMILES string of the molecule is CC(C)(N)CCc1cc(F)ccc1F. The molecule has 0 aliphatic rings. The third-order valence-corrected chi connectivity index (χ3v) is 2.05. The van der Waals surface area contributed by atoms with E-state index < -0.39 is 5.82 Å². The van der Waals surface area contributed by atoms with E-state index in [2.05, 4.69) is 0 Å². The molecule has 1 nitrogen and oxygen atoms in total. The predicted molar refractivity (Wildman–Crippen MR) is 52.9 cm³/mol. The summed E-state index contributed by atoms with van der Waals surface area (Å²) in [5.41, 5.74) is 5.80. The second-order valence-electron chi connectivity index (χ2n) is 4.22. The van der Waals surface area contributed by atoms with Crippen molar-refractivity contribution in [2.45, 2.75) is 32.2 Å². The molecular formula is C11H15F2N. The van der Waals surface area contributed by atoms with Crippen molar-refractivity contribution < 1.29 is 8.78 Å². The van der Waals surface area contributed by atoms with Gasteiger partial charge in [0, 0.05) is 5.54 Å². The zero-order chi connectivity index (χ0) is 10.8. The van der Waals surface area contributed by atoms with Crippen LogP contribution in [-0.4, -0.2) is 5.54 Å². The third kappa shape index (κ3) is 3.42. The van der Waals surface area contributed by atoms with Gasteiger partial charge in [0.05, 0.1) is 0 Å². The van der Waals surface area contributed by atoms with Gasteiger partial charge in [0.15, 0.2) is 0 Å². The first kappa shape index (κ1) is 11.1. The van der Waals surface area contributed by atoms with Gasteiger partial charge in [-0.15, -0.1) is 0 Å². The Morgan fingerprint density at radius 3 is 2.50 bits per heavy atom. The summed E-state index contributed by atoms with van der Waals surface area (Å²) in [5.74, 6) is -0.771. The largest absolute Gasteiger partial charge is 0.326 e. The van der Waals surface area contributed by atoms with E-state index >= 15 is 0 Å². The number of rotatable bonds is 3. The summed E-state index contributed by atoms with van der Waals surface area (Å²) in [6, 6.07) is 3.49. The van der Waals surface area contributed by atoms with Crippen molar-refractivity contribution in [1.29, 1.82) is 0 Å². The number of halogens is 2. The van der Waals surface area contributed by atoms with Crippen molar-refractivity contribution in [2.75, 3.05) is 0 Å². The van der Waals surface area contributed by atoms with E-state index in [1.54, 1.807) is 0 Å². The molecule has 0 saturated heterocycles. The lowest BCUT2D eigenvalue weighted by molar-refractivity contribution is 0.468. The van der Waals surface area contributed by atoms with Crippen molar-refractivity contribution in [2.24, 2.45) is 5.73 Å². The lowest BCUT2D eigenvalue weighted by Crippen LogP contribution is -2.32.